The zero-order valence-electron chi connectivity index (χ0n) is 19.7. The fourth-order valence-electron chi connectivity index (χ4n) is 5.48. The number of halogens is 3. The first-order chi connectivity index (χ1) is 16.9. The summed E-state index contributed by atoms with van der Waals surface area (Å²) in [6, 6.07) is 9.64. The minimum absolute atomic E-state index is 0.00536. The van der Waals surface area contributed by atoms with Gasteiger partial charge in [0.25, 0.3) is 0 Å². The second-order valence-electron chi connectivity index (χ2n) is 9.39. The average molecular weight is 507 g/mol. The Morgan fingerprint density at radius 2 is 2.03 bits per heavy atom. The van der Waals surface area contributed by atoms with Crippen LogP contribution in [0.3, 0.4) is 0 Å². The van der Waals surface area contributed by atoms with Gasteiger partial charge in [0.2, 0.25) is 0 Å². The summed E-state index contributed by atoms with van der Waals surface area (Å²) in [7, 11) is -1.45. The molecule has 0 spiro atoms. The highest BCUT2D eigenvalue weighted by atomic mass is 32.2. The lowest BCUT2D eigenvalue weighted by Crippen LogP contribution is -2.54. The number of hydrogen-bond donors (Lipinski definition) is 2. The number of likely N-dealkylation sites (tertiary alicyclic amines) is 1. The number of aromatic nitrogens is 1. The number of fused-ring (bicyclic) bond motifs is 3. The van der Waals surface area contributed by atoms with Crippen molar-refractivity contribution < 1.29 is 22.5 Å². The Hall–Kier alpha value is -2.56. The van der Waals surface area contributed by atoms with Crippen LogP contribution in [0.15, 0.2) is 36.4 Å². The van der Waals surface area contributed by atoms with Crippen molar-refractivity contribution in [1.82, 2.24) is 14.2 Å². The molecule has 1 unspecified atom stereocenters. The smallest absolute Gasteiger partial charge is 0.182 e. The van der Waals surface area contributed by atoms with E-state index >= 15 is 4.39 Å². The molecule has 3 heterocycles. The van der Waals surface area contributed by atoms with Gasteiger partial charge < -0.3 is 10.3 Å². The molecule has 0 amide bonds. The van der Waals surface area contributed by atoms with Crippen LogP contribution in [0.1, 0.15) is 36.2 Å². The van der Waals surface area contributed by atoms with Gasteiger partial charge in [-0.2, -0.15) is 0 Å². The van der Waals surface area contributed by atoms with Crippen LogP contribution in [0.25, 0.3) is 10.9 Å². The molecule has 1 aromatic heterocycles. The average Bonchev–Trinajstić information content (AvgIpc) is 3.17. The third kappa shape index (κ3) is 4.43. The van der Waals surface area contributed by atoms with Crippen LogP contribution < -0.4 is 10.3 Å². The molecular formula is C25H29F3N4O2S. The lowest BCUT2D eigenvalue weighted by molar-refractivity contribution is -0.00880. The number of rotatable bonds is 8. The van der Waals surface area contributed by atoms with Crippen molar-refractivity contribution in [3.8, 4) is 5.75 Å². The van der Waals surface area contributed by atoms with E-state index in [0.717, 1.165) is 16.5 Å². The number of benzene rings is 2. The number of hydrogen-bond acceptors (Lipinski definition) is 4. The van der Waals surface area contributed by atoms with Crippen molar-refractivity contribution in [2.75, 3.05) is 37.9 Å². The van der Waals surface area contributed by atoms with Crippen molar-refractivity contribution in [1.29, 1.82) is 0 Å². The molecule has 6 nitrogen and oxygen atoms in total. The number of aromatic amines is 1. The summed E-state index contributed by atoms with van der Waals surface area (Å²) >= 11 is 0. The monoisotopic (exact) mass is 506 g/mol. The first-order valence-corrected chi connectivity index (χ1v) is 13.3. The van der Waals surface area contributed by atoms with Gasteiger partial charge in [0.15, 0.2) is 5.75 Å². The number of alkyl halides is 1. The minimum Gasteiger partial charge on any atom is -0.380 e. The molecule has 0 bridgehead atoms. The Labute approximate surface area is 204 Å². The van der Waals surface area contributed by atoms with Gasteiger partial charge in [-0.3, -0.25) is 14.2 Å². The highest BCUT2D eigenvalue weighted by Crippen LogP contribution is 2.45. The second-order valence-corrected chi connectivity index (χ2v) is 10.7. The Morgan fingerprint density at radius 3 is 2.74 bits per heavy atom. The number of anilines is 1. The zero-order chi connectivity index (χ0) is 24.7. The van der Waals surface area contributed by atoms with Gasteiger partial charge in [0, 0.05) is 64.8 Å². The van der Waals surface area contributed by atoms with Gasteiger partial charge in [-0.1, -0.05) is 18.2 Å². The standard InChI is InChI=1S/C25H29F3N4O2S/c1-15-10-19-18-6-3-4-7-21(18)30-24(19)25(32(15)35(2)33)23-20(27)11-16(12-22(23)34-28)29-17-13-31(14-17)9-5-8-26/h3-4,6-7,11-12,15,17,25,29-30H,5,8-10,13-14H2,1-2H3/t15-,25+,35?/m1/s1. The normalized spacial score (nSPS) is 22.1. The predicted molar refractivity (Wildman–Crippen MR) is 132 cm³/mol. The van der Waals surface area contributed by atoms with Crippen LogP contribution in [-0.2, 0) is 17.4 Å². The molecule has 2 N–H and O–H groups in total. The molecule has 188 valence electrons. The van der Waals surface area contributed by atoms with Crippen molar-refractivity contribution in [3.05, 3.63) is 59.0 Å². The van der Waals surface area contributed by atoms with E-state index in [1.54, 1.807) is 10.6 Å². The van der Waals surface area contributed by atoms with Gasteiger partial charge in [0.05, 0.1) is 35.3 Å². The fourth-order valence-corrected chi connectivity index (χ4v) is 6.57. The van der Waals surface area contributed by atoms with Gasteiger partial charge in [-0.15, -0.1) is 0 Å². The van der Waals surface area contributed by atoms with Gasteiger partial charge in [-0.25, -0.2) is 12.9 Å². The molecule has 1 saturated heterocycles. The van der Waals surface area contributed by atoms with E-state index in [9.17, 15) is 13.1 Å². The van der Waals surface area contributed by atoms with Gasteiger partial charge in [0.1, 0.15) is 5.82 Å². The van der Waals surface area contributed by atoms with Crippen LogP contribution in [0.4, 0.5) is 19.0 Å². The lowest BCUT2D eigenvalue weighted by Gasteiger charge is -2.40. The summed E-state index contributed by atoms with van der Waals surface area (Å²) in [6.07, 6.45) is 2.66. The summed E-state index contributed by atoms with van der Waals surface area (Å²) in [6.45, 7) is 3.67. The molecule has 5 rings (SSSR count). The second kappa shape index (κ2) is 9.83. The quantitative estimate of drug-likeness (QED) is 0.467. The number of nitrogens with zero attached hydrogens (tertiary/aromatic N) is 2. The van der Waals surface area contributed by atoms with Crippen LogP contribution in [0, 0.1) is 5.82 Å². The summed E-state index contributed by atoms with van der Waals surface area (Å²) < 4.78 is 56.5. The predicted octanol–water partition coefficient (Wildman–Crippen LogP) is 4.66. The first kappa shape index (κ1) is 24.1. The topological polar surface area (TPSA) is 60.6 Å². The highest BCUT2D eigenvalue weighted by Gasteiger charge is 2.41. The summed E-state index contributed by atoms with van der Waals surface area (Å²) in [5.74, 6) is -0.893. The van der Waals surface area contributed by atoms with Crippen LogP contribution in [-0.4, -0.2) is 63.0 Å². The fraction of sp³-hybridized carbons (Fsp3) is 0.440. The largest absolute Gasteiger partial charge is 0.380 e. The Bertz CT molecular complexity index is 1250. The maximum Gasteiger partial charge on any atom is 0.182 e. The molecule has 3 aromatic rings. The van der Waals surface area contributed by atoms with E-state index in [1.807, 2.05) is 31.2 Å². The van der Waals surface area contributed by atoms with Crippen LogP contribution in [0.2, 0.25) is 0 Å². The van der Waals surface area contributed by atoms with E-state index in [-0.39, 0.29) is 30.1 Å². The minimum atomic E-state index is -1.45. The molecule has 3 atom stereocenters. The molecule has 2 aliphatic rings. The molecule has 0 saturated carbocycles. The first-order valence-electron chi connectivity index (χ1n) is 11.8. The molecule has 0 aliphatic carbocycles. The molecule has 1 fully saturated rings. The molecule has 10 heteroatoms. The maximum atomic E-state index is 15.7. The summed E-state index contributed by atoms with van der Waals surface area (Å²) in [4.78, 5) is 9.68. The Morgan fingerprint density at radius 1 is 1.26 bits per heavy atom. The van der Waals surface area contributed by atoms with Crippen molar-refractivity contribution in [2.24, 2.45) is 0 Å². The van der Waals surface area contributed by atoms with Gasteiger partial charge in [-0.05, 0) is 37.5 Å². The molecule has 2 aromatic carbocycles. The highest BCUT2D eigenvalue weighted by molar-refractivity contribution is 7.81. The molecule has 35 heavy (non-hydrogen) atoms. The molecular weight excluding hydrogens is 477 g/mol. The number of nitrogens with one attached hydrogen (secondary N) is 2. The summed E-state index contributed by atoms with van der Waals surface area (Å²) in [5, 5.41) is 4.23. The third-order valence-electron chi connectivity index (χ3n) is 6.99. The van der Waals surface area contributed by atoms with E-state index in [1.165, 1.54) is 12.1 Å². The Kier molecular flexibility index (Phi) is 6.78. The molecule has 0 radical (unpaired) electrons. The summed E-state index contributed by atoms with van der Waals surface area (Å²) in [5.41, 5.74) is 3.00. The van der Waals surface area contributed by atoms with E-state index in [0.29, 0.717) is 43.9 Å². The Balaban J connectivity index is 1.52. The van der Waals surface area contributed by atoms with E-state index in [2.05, 4.69) is 20.1 Å². The van der Waals surface area contributed by atoms with Crippen LogP contribution >= 0.6 is 0 Å². The van der Waals surface area contributed by atoms with Crippen molar-refractivity contribution >= 4 is 27.6 Å². The van der Waals surface area contributed by atoms with Gasteiger partial charge >= 0.3 is 0 Å². The van der Waals surface area contributed by atoms with Crippen LogP contribution in [0.5, 0.6) is 5.75 Å². The number of H-pyrrole nitrogens is 1. The van der Waals surface area contributed by atoms with Crippen molar-refractivity contribution in [2.45, 2.75) is 37.9 Å². The maximum absolute atomic E-state index is 15.7. The van der Waals surface area contributed by atoms with E-state index in [4.69, 9.17) is 0 Å². The molecule has 2 aliphatic heterocycles. The third-order valence-corrected chi connectivity index (χ3v) is 8.15. The number of para-hydroxylation sites is 1. The SMILES string of the molecule is C[C@@H]1Cc2c([nH]c3ccccc23)[C@H](c2c(F)cc(NC3CN(CCCF)C3)cc2OF)N1S(C)=O. The lowest BCUT2D eigenvalue weighted by atomic mass is 9.90. The van der Waals surface area contributed by atoms with E-state index < -0.39 is 22.8 Å². The zero-order valence-corrected chi connectivity index (χ0v) is 20.5. The van der Waals surface area contributed by atoms with Crippen molar-refractivity contribution in [3.63, 3.8) is 0 Å².